The third-order valence-corrected chi connectivity index (χ3v) is 5.78. The number of nitrogens with one attached hydrogen (secondary N) is 1. The van der Waals surface area contributed by atoms with Crippen LogP contribution in [0.2, 0.25) is 0 Å². The highest BCUT2D eigenvalue weighted by molar-refractivity contribution is 5.68. The Labute approximate surface area is 165 Å². The standard InChI is InChI=1S/C21H30F2N2O3/c1-20(2,3)28-19(26)25-13-10-21(8-11-24-12-9-21)16(14-25)15-6-4-5-7-17(15)27-18(22)23/h4-7,16,18,24H,8-14H2,1-3H3/t16-/m0/s1. The first-order chi connectivity index (χ1) is 13.2. The first kappa shape index (κ1) is 20.8. The van der Waals surface area contributed by atoms with E-state index in [-0.39, 0.29) is 23.2 Å². The number of likely N-dealkylation sites (tertiary alicyclic amines) is 1. The highest BCUT2D eigenvalue weighted by Gasteiger charge is 2.46. The normalized spacial score (nSPS) is 22.4. The Hall–Kier alpha value is -1.89. The van der Waals surface area contributed by atoms with Crippen molar-refractivity contribution in [2.24, 2.45) is 5.41 Å². The summed E-state index contributed by atoms with van der Waals surface area (Å²) in [7, 11) is 0. The Balaban J connectivity index is 1.92. The predicted octanol–water partition coefficient (Wildman–Crippen LogP) is 4.38. The van der Waals surface area contributed by atoms with Crippen LogP contribution in [0.4, 0.5) is 13.6 Å². The SMILES string of the molecule is CC(C)(C)OC(=O)N1CCC2(CCNCC2)[C@H](c2ccccc2OC(F)F)C1. The number of para-hydroxylation sites is 1. The number of nitrogens with zero attached hydrogens (tertiary/aromatic N) is 1. The van der Waals surface area contributed by atoms with Crippen LogP contribution in [0.25, 0.3) is 0 Å². The van der Waals surface area contributed by atoms with Crippen molar-refractivity contribution in [2.75, 3.05) is 26.2 Å². The molecule has 28 heavy (non-hydrogen) atoms. The van der Waals surface area contributed by atoms with Crippen molar-refractivity contribution in [3.63, 3.8) is 0 Å². The molecule has 0 radical (unpaired) electrons. The van der Waals surface area contributed by atoms with Crippen molar-refractivity contribution < 1.29 is 23.0 Å². The Morgan fingerprint density at radius 3 is 2.54 bits per heavy atom. The highest BCUT2D eigenvalue weighted by atomic mass is 19.3. The molecule has 2 fully saturated rings. The van der Waals surface area contributed by atoms with Gasteiger partial charge in [0.2, 0.25) is 0 Å². The summed E-state index contributed by atoms with van der Waals surface area (Å²) in [6.07, 6.45) is 2.36. The smallest absolute Gasteiger partial charge is 0.410 e. The minimum atomic E-state index is -2.88. The Bertz CT molecular complexity index is 684. The van der Waals surface area contributed by atoms with Gasteiger partial charge in [-0.15, -0.1) is 0 Å². The van der Waals surface area contributed by atoms with E-state index in [0.29, 0.717) is 13.1 Å². The molecule has 1 aromatic carbocycles. The van der Waals surface area contributed by atoms with Gasteiger partial charge in [0.15, 0.2) is 0 Å². The number of benzene rings is 1. The highest BCUT2D eigenvalue weighted by Crippen LogP contribution is 2.51. The fraction of sp³-hybridized carbons (Fsp3) is 0.667. The van der Waals surface area contributed by atoms with Crippen molar-refractivity contribution in [1.29, 1.82) is 0 Å². The van der Waals surface area contributed by atoms with Crippen LogP contribution in [-0.4, -0.2) is 49.4 Å². The van der Waals surface area contributed by atoms with E-state index in [0.717, 1.165) is 37.9 Å². The van der Waals surface area contributed by atoms with Crippen molar-refractivity contribution in [2.45, 2.75) is 58.2 Å². The lowest BCUT2D eigenvalue weighted by atomic mass is 9.62. The summed E-state index contributed by atoms with van der Waals surface area (Å²) < 4.78 is 36.3. The van der Waals surface area contributed by atoms with Gasteiger partial charge in [-0.1, -0.05) is 18.2 Å². The topological polar surface area (TPSA) is 50.8 Å². The number of hydrogen-bond donors (Lipinski definition) is 1. The van der Waals surface area contributed by atoms with Gasteiger partial charge in [0, 0.05) is 19.0 Å². The molecular weight excluding hydrogens is 366 g/mol. The van der Waals surface area contributed by atoms with Crippen LogP contribution in [0.1, 0.15) is 51.5 Å². The summed E-state index contributed by atoms with van der Waals surface area (Å²) in [4.78, 5) is 14.4. The van der Waals surface area contributed by atoms with Gasteiger partial charge in [-0.3, -0.25) is 0 Å². The Kier molecular flexibility index (Phi) is 6.12. The van der Waals surface area contributed by atoms with E-state index in [9.17, 15) is 13.6 Å². The molecule has 0 bridgehead atoms. The Morgan fingerprint density at radius 2 is 1.89 bits per heavy atom. The van der Waals surface area contributed by atoms with Gasteiger partial charge in [-0.2, -0.15) is 8.78 Å². The minimum Gasteiger partial charge on any atom is -0.444 e. The fourth-order valence-electron chi connectivity index (χ4n) is 4.45. The van der Waals surface area contributed by atoms with E-state index >= 15 is 0 Å². The number of piperidine rings is 2. The van der Waals surface area contributed by atoms with Crippen LogP contribution >= 0.6 is 0 Å². The molecule has 0 aromatic heterocycles. The summed E-state index contributed by atoms with van der Waals surface area (Å²) in [5.74, 6) is 0.122. The van der Waals surface area contributed by atoms with E-state index in [2.05, 4.69) is 5.32 Å². The molecule has 2 saturated heterocycles. The maximum absolute atomic E-state index is 13.0. The molecule has 0 unspecified atom stereocenters. The average Bonchev–Trinajstić information content (AvgIpc) is 2.61. The second kappa shape index (κ2) is 8.23. The average molecular weight is 396 g/mol. The number of rotatable bonds is 3. The van der Waals surface area contributed by atoms with E-state index < -0.39 is 12.2 Å². The number of carbonyl (C=O) groups excluding carboxylic acids is 1. The molecule has 7 heteroatoms. The van der Waals surface area contributed by atoms with Crippen LogP contribution in [0, 0.1) is 5.41 Å². The third kappa shape index (κ3) is 4.74. The number of ether oxygens (including phenoxy) is 2. The lowest BCUT2D eigenvalue weighted by molar-refractivity contribution is -0.0523. The van der Waals surface area contributed by atoms with Gasteiger partial charge < -0.3 is 19.7 Å². The summed E-state index contributed by atoms with van der Waals surface area (Å²) in [6, 6.07) is 6.98. The molecular formula is C21H30F2N2O3. The zero-order chi connectivity index (χ0) is 20.4. The number of alkyl halides is 2. The van der Waals surface area contributed by atoms with E-state index in [4.69, 9.17) is 9.47 Å². The van der Waals surface area contributed by atoms with Gasteiger partial charge in [0.05, 0.1) is 0 Å². The summed E-state index contributed by atoms with van der Waals surface area (Å²) >= 11 is 0. The van der Waals surface area contributed by atoms with Crippen LogP contribution in [0.15, 0.2) is 24.3 Å². The molecule has 156 valence electrons. The van der Waals surface area contributed by atoms with Gasteiger partial charge in [-0.25, -0.2) is 4.79 Å². The lowest BCUT2D eigenvalue weighted by Gasteiger charge is -2.50. The Morgan fingerprint density at radius 1 is 1.21 bits per heavy atom. The quantitative estimate of drug-likeness (QED) is 0.824. The van der Waals surface area contributed by atoms with Gasteiger partial charge >= 0.3 is 12.7 Å². The first-order valence-corrected chi connectivity index (χ1v) is 9.93. The molecule has 1 N–H and O–H groups in total. The van der Waals surface area contributed by atoms with Crippen LogP contribution in [0.3, 0.4) is 0 Å². The van der Waals surface area contributed by atoms with E-state index in [1.165, 1.54) is 0 Å². The zero-order valence-corrected chi connectivity index (χ0v) is 16.8. The number of carbonyl (C=O) groups is 1. The van der Waals surface area contributed by atoms with Crippen LogP contribution < -0.4 is 10.1 Å². The second-order valence-electron chi connectivity index (χ2n) is 8.76. The summed E-state index contributed by atoms with van der Waals surface area (Å²) in [5.41, 5.74) is 0.136. The van der Waals surface area contributed by atoms with Gasteiger partial charge in [0.1, 0.15) is 11.4 Å². The molecule has 0 saturated carbocycles. The predicted molar refractivity (Wildman–Crippen MR) is 103 cm³/mol. The van der Waals surface area contributed by atoms with Crippen molar-refractivity contribution in [3.8, 4) is 5.75 Å². The fourth-order valence-corrected chi connectivity index (χ4v) is 4.45. The van der Waals surface area contributed by atoms with Gasteiger partial charge in [0.25, 0.3) is 0 Å². The maximum atomic E-state index is 13.0. The maximum Gasteiger partial charge on any atom is 0.410 e. The van der Waals surface area contributed by atoms with E-state index in [1.54, 1.807) is 17.0 Å². The van der Waals surface area contributed by atoms with Gasteiger partial charge in [-0.05, 0) is 70.2 Å². The van der Waals surface area contributed by atoms with Crippen molar-refractivity contribution >= 4 is 6.09 Å². The monoisotopic (exact) mass is 396 g/mol. The van der Waals surface area contributed by atoms with Crippen LogP contribution in [0.5, 0.6) is 5.75 Å². The van der Waals surface area contributed by atoms with Crippen molar-refractivity contribution in [1.82, 2.24) is 10.2 Å². The van der Waals surface area contributed by atoms with Crippen LogP contribution in [-0.2, 0) is 4.74 Å². The minimum absolute atomic E-state index is 0.0364. The number of hydrogen-bond acceptors (Lipinski definition) is 4. The number of amides is 1. The molecule has 0 aliphatic carbocycles. The molecule has 1 amide bonds. The molecule has 1 aromatic rings. The molecule has 5 nitrogen and oxygen atoms in total. The molecule has 1 spiro atoms. The summed E-state index contributed by atoms with van der Waals surface area (Å²) in [6.45, 7) is 5.48. The molecule has 2 heterocycles. The van der Waals surface area contributed by atoms with Crippen molar-refractivity contribution in [3.05, 3.63) is 29.8 Å². The largest absolute Gasteiger partial charge is 0.444 e. The lowest BCUT2D eigenvalue weighted by Crippen LogP contribution is -2.52. The second-order valence-corrected chi connectivity index (χ2v) is 8.76. The summed E-state index contributed by atoms with van der Waals surface area (Å²) in [5, 5.41) is 3.38. The molecule has 1 atom stereocenters. The number of halogens is 2. The van der Waals surface area contributed by atoms with E-state index in [1.807, 2.05) is 32.9 Å². The molecule has 3 rings (SSSR count). The molecule has 2 aliphatic heterocycles. The molecule has 2 aliphatic rings. The third-order valence-electron chi connectivity index (χ3n) is 5.78. The first-order valence-electron chi connectivity index (χ1n) is 9.93. The zero-order valence-electron chi connectivity index (χ0n) is 16.8.